The number of hydrogen-bond acceptors (Lipinski definition) is 2. The third kappa shape index (κ3) is 2.76. The second-order valence-electron chi connectivity index (χ2n) is 5.49. The molecule has 0 saturated heterocycles. The Morgan fingerprint density at radius 2 is 2.15 bits per heavy atom. The average Bonchev–Trinajstić information content (AvgIpc) is 3.06. The Hall–Kier alpha value is -2.04. The summed E-state index contributed by atoms with van der Waals surface area (Å²) in [6, 6.07) is 8.22. The zero-order chi connectivity index (χ0) is 13.9. The Balaban J connectivity index is 1.62. The molecule has 1 aromatic carbocycles. The van der Waals surface area contributed by atoms with Gasteiger partial charge in [-0.2, -0.15) is 0 Å². The summed E-state index contributed by atoms with van der Waals surface area (Å²) in [6.07, 6.45) is 4.64. The largest absolute Gasteiger partial charge is 0.340 e. The Morgan fingerprint density at radius 1 is 1.40 bits per heavy atom. The predicted molar refractivity (Wildman–Crippen MR) is 78.3 cm³/mol. The van der Waals surface area contributed by atoms with E-state index in [2.05, 4.69) is 15.3 Å². The molecule has 0 aliphatic heterocycles. The van der Waals surface area contributed by atoms with Crippen LogP contribution in [0.5, 0.6) is 0 Å². The van der Waals surface area contributed by atoms with E-state index in [0.717, 1.165) is 29.7 Å². The van der Waals surface area contributed by atoms with E-state index in [1.807, 2.05) is 24.3 Å². The monoisotopic (exact) mass is 272 g/mol. The summed E-state index contributed by atoms with van der Waals surface area (Å²) in [7, 11) is 1.80. The minimum absolute atomic E-state index is 0.0163. The maximum atomic E-state index is 12.1. The number of aromatic amines is 1. The molecule has 1 aromatic heterocycles. The fraction of sp³-hybridized carbons (Fsp3) is 0.467. The molecule has 1 heterocycles. The molecule has 20 heavy (non-hydrogen) atoms. The van der Waals surface area contributed by atoms with Gasteiger partial charge in [0.1, 0.15) is 5.82 Å². The topological polar surface area (TPSA) is 61.0 Å². The van der Waals surface area contributed by atoms with E-state index >= 15 is 0 Å². The number of aromatic nitrogens is 2. The Kier molecular flexibility index (Phi) is 3.58. The molecule has 0 spiro atoms. The quantitative estimate of drug-likeness (QED) is 0.902. The van der Waals surface area contributed by atoms with Gasteiger partial charge >= 0.3 is 6.03 Å². The van der Waals surface area contributed by atoms with Crippen molar-refractivity contribution in [2.24, 2.45) is 0 Å². The van der Waals surface area contributed by atoms with Gasteiger partial charge in [0.2, 0.25) is 0 Å². The molecular weight excluding hydrogens is 252 g/mol. The van der Waals surface area contributed by atoms with E-state index in [0.29, 0.717) is 12.6 Å². The lowest BCUT2D eigenvalue weighted by molar-refractivity contribution is 0.202. The molecule has 0 atom stereocenters. The molecule has 5 heteroatoms. The van der Waals surface area contributed by atoms with Crippen molar-refractivity contribution in [2.45, 2.75) is 38.3 Å². The van der Waals surface area contributed by atoms with Crippen LogP contribution < -0.4 is 5.32 Å². The van der Waals surface area contributed by atoms with E-state index < -0.39 is 0 Å². The summed E-state index contributed by atoms with van der Waals surface area (Å²) < 4.78 is 0. The molecule has 1 aliphatic rings. The number of H-pyrrole nitrogens is 1. The van der Waals surface area contributed by atoms with E-state index in [1.54, 1.807) is 11.9 Å². The van der Waals surface area contributed by atoms with Crippen LogP contribution in [0.15, 0.2) is 24.3 Å². The first kappa shape index (κ1) is 13.0. The number of carbonyl (C=O) groups excluding carboxylic acids is 1. The van der Waals surface area contributed by atoms with Gasteiger partial charge in [-0.25, -0.2) is 9.78 Å². The molecular formula is C15H20N4O. The molecule has 0 bridgehead atoms. The SMILES string of the molecule is CN(Cc1nc2ccccc2[nH]1)C(=O)NC1CCCC1. The Morgan fingerprint density at radius 3 is 2.90 bits per heavy atom. The van der Waals surface area contributed by atoms with Crippen LogP contribution in [0.1, 0.15) is 31.5 Å². The maximum absolute atomic E-state index is 12.1. The summed E-state index contributed by atoms with van der Waals surface area (Å²) in [4.78, 5) is 21.5. The van der Waals surface area contributed by atoms with E-state index in [1.165, 1.54) is 12.8 Å². The van der Waals surface area contributed by atoms with Gasteiger partial charge in [0.25, 0.3) is 0 Å². The van der Waals surface area contributed by atoms with Crippen LogP contribution in [0, 0.1) is 0 Å². The molecule has 2 amide bonds. The Labute approximate surface area is 118 Å². The van der Waals surface area contributed by atoms with Crippen molar-refractivity contribution in [3.63, 3.8) is 0 Å². The smallest absolute Gasteiger partial charge is 0.317 e. The van der Waals surface area contributed by atoms with Crippen LogP contribution in [-0.4, -0.2) is 34.0 Å². The van der Waals surface area contributed by atoms with Crippen molar-refractivity contribution >= 4 is 17.1 Å². The molecule has 0 radical (unpaired) electrons. The first-order chi connectivity index (χ1) is 9.72. The first-order valence-electron chi connectivity index (χ1n) is 7.17. The molecule has 106 valence electrons. The fourth-order valence-corrected chi connectivity index (χ4v) is 2.73. The maximum Gasteiger partial charge on any atom is 0.317 e. The number of para-hydroxylation sites is 2. The fourth-order valence-electron chi connectivity index (χ4n) is 2.73. The van der Waals surface area contributed by atoms with Crippen molar-refractivity contribution in [3.05, 3.63) is 30.1 Å². The number of fused-ring (bicyclic) bond motifs is 1. The van der Waals surface area contributed by atoms with Gasteiger partial charge in [-0.3, -0.25) is 0 Å². The second kappa shape index (κ2) is 5.53. The highest BCUT2D eigenvalue weighted by molar-refractivity contribution is 5.76. The zero-order valence-electron chi connectivity index (χ0n) is 11.7. The van der Waals surface area contributed by atoms with Gasteiger partial charge in [0, 0.05) is 13.1 Å². The molecule has 2 N–H and O–H groups in total. The lowest BCUT2D eigenvalue weighted by atomic mass is 10.2. The molecule has 1 saturated carbocycles. The van der Waals surface area contributed by atoms with Crippen LogP contribution >= 0.6 is 0 Å². The number of amides is 2. The first-order valence-corrected chi connectivity index (χ1v) is 7.17. The van der Waals surface area contributed by atoms with E-state index in [9.17, 15) is 4.79 Å². The van der Waals surface area contributed by atoms with Crippen molar-refractivity contribution < 1.29 is 4.79 Å². The highest BCUT2D eigenvalue weighted by Crippen LogP contribution is 2.18. The number of rotatable bonds is 3. The Bertz CT molecular complexity index is 568. The summed E-state index contributed by atoms with van der Waals surface area (Å²) in [5.41, 5.74) is 1.94. The van der Waals surface area contributed by atoms with Gasteiger partial charge < -0.3 is 15.2 Å². The van der Waals surface area contributed by atoms with Crippen molar-refractivity contribution in [1.29, 1.82) is 0 Å². The minimum atomic E-state index is -0.0163. The average molecular weight is 272 g/mol. The van der Waals surface area contributed by atoms with Crippen molar-refractivity contribution in [1.82, 2.24) is 20.2 Å². The number of urea groups is 1. The molecule has 1 aliphatic carbocycles. The summed E-state index contributed by atoms with van der Waals surface area (Å²) in [5.74, 6) is 0.815. The van der Waals surface area contributed by atoms with Crippen LogP contribution in [0.4, 0.5) is 4.79 Å². The highest BCUT2D eigenvalue weighted by Gasteiger charge is 2.19. The minimum Gasteiger partial charge on any atom is -0.340 e. The van der Waals surface area contributed by atoms with Gasteiger partial charge in [0.05, 0.1) is 17.6 Å². The van der Waals surface area contributed by atoms with Crippen molar-refractivity contribution in [2.75, 3.05) is 7.05 Å². The third-order valence-electron chi connectivity index (χ3n) is 3.85. The van der Waals surface area contributed by atoms with Gasteiger partial charge in [-0.15, -0.1) is 0 Å². The molecule has 3 rings (SSSR count). The van der Waals surface area contributed by atoms with Gasteiger partial charge in [-0.05, 0) is 25.0 Å². The summed E-state index contributed by atoms with van der Waals surface area (Å²) >= 11 is 0. The lowest BCUT2D eigenvalue weighted by Crippen LogP contribution is -2.41. The predicted octanol–water partition coefficient (Wildman–Crippen LogP) is 2.65. The molecule has 1 fully saturated rings. The number of imidazole rings is 1. The number of hydrogen-bond donors (Lipinski definition) is 2. The zero-order valence-corrected chi connectivity index (χ0v) is 11.7. The summed E-state index contributed by atoms with van der Waals surface area (Å²) in [5, 5.41) is 3.08. The van der Waals surface area contributed by atoms with Crippen LogP contribution in [-0.2, 0) is 6.54 Å². The second-order valence-corrected chi connectivity index (χ2v) is 5.49. The van der Waals surface area contributed by atoms with E-state index in [-0.39, 0.29) is 6.03 Å². The highest BCUT2D eigenvalue weighted by atomic mass is 16.2. The molecule has 2 aromatic rings. The number of nitrogens with zero attached hydrogens (tertiary/aromatic N) is 2. The van der Waals surface area contributed by atoms with Gasteiger partial charge in [-0.1, -0.05) is 25.0 Å². The molecule has 0 unspecified atom stereocenters. The molecule has 5 nitrogen and oxygen atoms in total. The van der Waals surface area contributed by atoms with E-state index in [4.69, 9.17) is 0 Å². The number of nitrogens with one attached hydrogen (secondary N) is 2. The lowest BCUT2D eigenvalue weighted by Gasteiger charge is -2.19. The summed E-state index contributed by atoms with van der Waals surface area (Å²) in [6.45, 7) is 0.493. The van der Waals surface area contributed by atoms with Gasteiger partial charge in [0.15, 0.2) is 0 Å². The standard InChI is InChI=1S/C15H20N4O/c1-19(15(20)16-11-6-2-3-7-11)10-14-17-12-8-4-5-9-13(12)18-14/h4-5,8-9,11H,2-3,6-7,10H2,1H3,(H,16,20)(H,17,18). The van der Waals surface area contributed by atoms with Crippen LogP contribution in [0.25, 0.3) is 11.0 Å². The van der Waals surface area contributed by atoms with Crippen LogP contribution in [0.3, 0.4) is 0 Å². The number of benzene rings is 1. The number of carbonyl (C=O) groups is 1. The van der Waals surface area contributed by atoms with Crippen molar-refractivity contribution in [3.8, 4) is 0 Å². The van der Waals surface area contributed by atoms with Crippen LogP contribution in [0.2, 0.25) is 0 Å². The third-order valence-corrected chi connectivity index (χ3v) is 3.85. The normalized spacial score (nSPS) is 15.7.